The van der Waals surface area contributed by atoms with E-state index in [9.17, 15) is 0 Å². The fraction of sp³-hybridized carbons (Fsp3) is 0.889. The number of ether oxygens (including phenoxy) is 1. The van der Waals surface area contributed by atoms with Gasteiger partial charge in [0.1, 0.15) is 12.7 Å². The number of hydrogen-bond acceptors (Lipinski definition) is 3. The topological polar surface area (TPSA) is 34.1 Å². The maximum atomic E-state index is 5.16. The minimum absolute atomic E-state index is 0.331. The number of rotatable bonds is 3. The molecule has 3 heteroatoms. The van der Waals surface area contributed by atoms with Crippen molar-refractivity contribution in [2.24, 2.45) is 5.16 Å². The molecule has 0 N–H and O–H groups in total. The lowest BCUT2D eigenvalue weighted by molar-refractivity contribution is 0.123. The van der Waals surface area contributed by atoms with E-state index in [4.69, 9.17) is 9.57 Å². The summed E-state index contributed by atoms with van der Waals surface area (Å²) in [6.45, 7) is 1.49. The van der Waals surface area contributed by atoms with Gasteiger partial charge in [-0.2, -0.15) is 0 Å². The molecule has 0 unspecified atom stereocenters. The summed E-state index contributed by atoms with van der Waals surface area (Å²) >= 11 is 0. The maximum Gasteiger partial charge on any atom is 0.145 e. The van der Waals surface area contributed by atoms with Crippen LogP contribution in [0.5, 0.6) is 0 Å². The minimum Gasteiger partial charge on any atom is -0.393 e. The summed E-state index contributed by atoms with van der Waals surface area (Å²) in [6, 6.07) is 0. The average Bonchev–Trinajstić information content (AvgIpc) is 2.90. The van der Waals surface area contributed by atoms with Crippen LogP contribution in [0.4, 0.5) is 0 Å². The highest BCUT2D eigenvalue weighted by molar-refractivity contribution is 5.84. The first-order chi connectivity index (χ1) is 5.95. The first kappa shape index (κ1) is 8.05. The third-order valence-electron chi connectivity index (χ3n) is 2.29. The lowest BCUT2D eigenvalue weighted by Gasteiger charge is -2.11. The van der Waals surface area contributed by atoms with Crippen LogP contribution >= 0.6 is 0 Å². The number of epoxide rings is 1. The predicted octanol–water partition coefficient (Wildman–Crippen LogP) is 1.72. The van der Waals surface area contributed by atoms with Crippen molar-refractivity contribution in [2.45, 2.75) is 38.2 Å². The van der Waals surface area contributed by atoms with Gasteiger partial charge in [0.25, 0.3) is 0 Å². The van der Waals surface area contributed by atoms with Crippen molar-refractivity contribution in [3.05, 3.63) is 0 Å². The number of nitrogens with zero attached hydrogens (tertiary/aromatic N) is 1. The van der Waals surface area contributed by atoms with E-state index in [1.165, 1.54) is 25.0 Å². The Balaban J connectivity index is 1.65. The van der Waals surface area contributed by atoms with E-state index >= 15 is 0 Å². The van der Waals surface area contributed by atoms with E-state index in [-0.39, 0.29) is 0 Å². The molecular weight excluding hydrogens is 154 g/mol. The summed E-state index contributed by atoms with van der Waals surface area (Å²) in [5.74, 6) is 0. The van der Waals surface area contributed by atoms with Crippen molar-refractivity contribution in [3.63, 3.8) is 0 Å². The molecule has 1 aliphatic carbocycles. The Bertz CT molecular complexity index is 167. The van der Waals surface area contributed by atoms with Crippen molar-refractivity contribution < 1.29 is 9.57 Å². The lowest BCUT2D eigenvalue weighted by atomic mass is 9.99. The van der Waals surface area contributed by atoms with E-state index in [2.05, 4.69) is 5.16 Å². The summed E-state index contributed by atoms with van der Waals surface area (Å²) in [5.41, 5.74) is 1.24. The van der Waals surface area contributed by atoms with Crippen LogP contribution < -0.4 is 0 Å². The second kappa shape index (κ2) is 3.90. The maximum absolute atomic E-state index is 5.16. The van der Waals surface area contributed by atoms with Crippen LogP contribution in [-0.4, -0.2) is 25.0 Å². The zero-order valence-corrected chi connectivity index (χ0v) is 7.29. The Morgan fingerprint density at radius 1 is 1.33 bits per heavy atom. The van der Waals surface area contributed by atoms with Gasteiger partial charge in [-0.05, 0) is 25.7 Å². The van der Waals surface area contributed by atoms with E-state index in [1.54, 1.807) is 0 Å². The van der Waals surface area contributed by atoms with Gasteiger partial charge in [0, 0.05) is 0 Å². The molecular formula is C9H15NO2. The van der Waals surface area contributed by atoms with E-state index in [0.717, 1.165) is 19.4 Å². The van der Waals surface area contributed by atoms with Crippen LogP contribution in [0, 0.1) is 0 Å². The Morgan fingerprint density at radius 3 is 2.75 bits per heavy atom. The molecule has 2 aliphatic rings. The number of hydrogen-bond donors (Lipinski definition) is 0. The molecule has 0 aromatic rings. The van der Waals surface area contributed by atoms with Crippen molar-refractivity contribution in [1.29, 1.82) is 0 Å². The van der Waals surface area contributed by atoms with Crippen LogP contribution in [0.25, 0.3) is 0 Å². The molecule has 0 aromatic heterocycles. The first-order valence-electron chi connectivity index (χ1n) is 4.74. The highest BCUT2D eigenvalue weighted by Crippen LogP contribution is 2.15. The van der Waals surface area contributed by atoms with Gasteiger partial charge in [-0.25, -0.2) is 0 Å². The summed E-state index contributed by atoms with van der Waals surface area (Å²) in [4.78, 5) is 5.16. The molecule has 1 heterocycles. The summed E-state index contributed by atoms with van der Waals surface area (Å²) in [5, 5.41) is 4.10. The van der Waals surface area contributed by atoms with Gasteiger partial charge in [0.2, 0.25) is 0 Å². The minimum atomic E-state index is 0.331. The molecule has 68 valence electrons. The molecule has 1 saturated heterocycles. The van der Waals surface area contributed by atoms with Crippen LogP contribution in [0.1, 0.15) is 32.1 Å². The Labute approximate surface area is 72.7 Å². The Hall–Kier alpha value is -0.570. The summed E-state index contributed by atoms with van der Waals surface area (Å²) in [7, 11) is 0. The van der Waals surface area contributed by atoms with Crippen molar-refractivity contribution in [3.8, 4) is 0 Å². The third-order valence-corrected chi connectivity index (χ3v) is 2.29. The van der Waals surface area contributed by atoms with Gasteiger partial charge in [-0.1, -0.05) is 11.6 Å². The largest absolute Gasteiger partial charge is 0.393 e. The van der Waals surface area contributed by atoms with E-state index in [1.807, 2.05) is 0 Å². The monoisotopic (exact) mass is 169 g/mol. The fourth-order valence-electron chi connectivity index (χ4n) is 1.43. The van der Waals surface area contributed by atoms with Gasteiger partial charge in [0.05, 0.1) is 12.3 Å². The normalized spacial score (nSPS) is 28.3. The van der Waals surface area contributed by atoms with E-state index in [0.29, 0.717) is 12.7 Å². The molecule has 12 heavy (non-hydrogen) atoms. The standard InChI is InChI=1S/C9H15NO2/c1-2-4-8(5-3-1)10-12-7-9-6-11-9/h9H,1-7H2/t9-/m0/s1. The van der Waals surface area contributed by atoms with Crippen molar-refractivity contribution >= 4 is 5.71 Å². The lowest BCUT2D eigenvalue weighted by Crippen LogP contribution is -2.06. The second-order valence-corrected chi connectivity index (χ2v) is 3.47. The van der Waals surface area contributed by atoms with Crippen molar-refractivity contribution in [2.75, 3.05) is 13.2 Å². The SMILES string of the molecule is C1CCC(=NOC[C@@H]2CO2)CC1. The molecule has 1 aliphatic heterocycles. The van der Waals surface area contributed by atoms with Crippen LogP contribution in [-0.2, 0) is 9.57 Å². The van der Waals surface area contributed by atoms with Gasteiger partial charge in [-0.3, -0.25) is 0 Å². The Morgan fingerprint density at radius 2 is 2.08 bits per heavy atom. The second-order valence-electron chi connectivity index (χ2n) is 3.47. The number of oxime groups is 1. The molecule has 2 rings (SSSR count). The predicted molar refractivity (Wildman–Crippen MR) is 46.2 cm³/mol. The first-order valence-corrected chi connectivity index (χ1v) is 4.74. The van der Waals surface area contributed by atoms with E-state index < -0.39 is 0 Å². The quantitative estimate of drug-likeness (QED) is 0.476. The zero-order chi connectivity index (χ0) is 8.23. The van der Waals surface area contributed by atoms with Crippen LogP contribution in [0.15, 0.2) is 5.16 Å². The molecule has 0 bridgehead atoms. The van der Waals surface area contributed by atoms with Gasteiger partial charge < -0.3 is 9.57 Å². The Kier molecular flexibility index (Phi) is 2.61. The van der Waals surface area contributed by atoms with Gasteiger partial charge in [-0.15, -0.1) is 0 Å². The highest BCUT2D eigenvalue weighted by atomic mass is 16.7. The fourth-order valence-corrected chi connectivity index (χ4v) is 1.43. The smallest absolute Gasteiger partial charge is 0.145 e. The molecule has 0 radical (unpaired) electrons. The molecule has 1 saturated carbocycles. The zero-order valence-electron chi connectivity index (χ0n) is 7.29. The molecule has 0 aromatic carbocycles. The van der Waals surface area contributed by atoms with Gasteiger partial charge in [0.15, 0.2) is 0 Å². The summed E-state index contributed by atoms with van der Waals surface area (Å²) in [6.07, 6.45) is 6.50. The molecule has 0 spiro atoms. The molecule has 2 fully saturated rings. The van der Waals surface area contributed by atoms with Crippen LogP contribution in [0.2, 0.25) is 0 Å². The highest BCUT2D eigenvalue weighted by Gasteiger charge is 2.23. The molecule has 3 nitrogen and oxygen atoms in total. The molecule has 1 atom stereocenters. The average molecular weight is 169 g/mol. The summed E-state index contributed by atoms with van der Waals surface area (Å²) < 4.78 is 5.00. The van der Waals surface area contributed by atoms with Crippen molar-refractivity contribution in [1.82, 2.24) is 0 Å². The van der Waals surface area contributed by atoms with Gasteiger partial charge >= 0.3 is 0 Å². The third kappa shape index (κ3) is 2.48. The molecule has 0 amide bonds. The van der Waals surface area contributed by atoms with Crippen LogP contribution in [0.3, 0.4) is 0 Å².